The number of benzene rings is 2. The fourth-order valence-corrected chi connectivity index (χ4v) is 3.82. The van der Waals surface area contributed by atoms with Gasteiger partial charge in [-0.05, 0) is 49.6 Å². The Balaban J connectivity index is 2.01. The van der Waals surface area contributed by atoms with Gasteiger partial charge in [0.2, 0.25) is 0 Å². The van der Waals surface area contributed by atoms with Gasteiger partial charge in [0.25, 0.3) is 11.6 Å². The minimum atomic E-state index is -0.505. The first-order valence-corrected chi connectivity index (χ1v) is 10.3. The Labute approximate surface area is 169 Å². The second-order valence-electron chi connectivity index (χ2n) is 5.87. The largest absolute Gasteiger partial charge is 0.302 e. The van der Waals surface area contributed by atoms with Gasteiger partial charge in [-0.1, -0.05) is 0 Å². The van der Waals surface area contributed by atoms with Gasteiger partial charge in [0.15, 0.2) is 0 Å². The zero-order valence-corrected chi connectivity index (χ0v) is 16.7. The molecule has 9 heteroatoms. The van der Waals surface area contributed by atoms with Crippen LogP contribution >= 0.6 is 23.1 Å². The lowest BCUT2D eigenvalue weighted by Crippen LogP contribution is -2.30. The quantitative estimate of drug-likeness (QED) is 0.318. The second kappa shape index (κ2) is 8.49. The van der Waals surface area contributed by atoms with Crippen LogP contribution in [-0.4, -0.2) is 22.1 Å². The van der Waals surface area contributed by atoms with Crippen molar-refractivity contribution in [3.05, 3.63) is 80.0 Å². The van der Waals surface area contributed by atoms with Crippen molar-refractivity contribution in [2.45, 2.75) is 18.4 Å². The fourth-order valence-electron chi connectivity index (χ4n) is 2.67. The molecule has 1 heterocycles. The SMILES string of the molecule is CSc1ccc(C(=O)N(Cc2csc(C)n2)c2ccc(F)cc2)cc1[N+](=O)[O-]. The van der Waals surface area contributed by atoms with Gasteiger partial charge >= 0.3 is 0 Å². The molecule has 0 saturated carbocycles. The standard InChI is InChI=1S/C19H16FN3O3S2/c1-12-21-15(11-28-12)10-22(16-6-4-14(20)5-7-16)19(24)13-3-8-18(27-2)17(9-13)23(25)26/h3-9,11H,10H2,1-2H3. The number of amides is 1. The number of anilines is 1. The summed E-state index contributed by atoms with van der Waals surface area (Å²) in [7, 11) is 0. The van der Waals surface area contributed by atoms with Crippen LogP contribution in [-0.2, 0) is 6.54 Å². The summed E-state index contributed by atoms with van der Waals surface area (Å²) in [4.78, 5) is 30.3. The molecule has 144 valence electrons. The maximum absolute atomic E-state index is 13.3. The molecule has 6 nitrogen and oxygen atoms in total. The molecule has 0 spiro atoms. The summed E-state index contributed by atoms with van der Waals surface area (Å²) in [5, 5.41) is 14.1. The molecule has 0 saturated heterocycles. The van der Waals surface area contributed by atoms with Crippen LogP contribution in [0.3, 0.4) is 0 Å². The van der Waals surface area contributed by atoms with Crippen molar-refractivity contribution < 1.29 is 14.1 Å². The van der Waals surface area contributed by atoms with E-state index in [-0.39, 0.29) is 17.8 Å². The third-order valence-corrected chi connectivity index (χ3v) is 5.60. The van der Waals surface area contributed by atoms with Crippen molar-refractivity contribution in [1.82, 2.24) is 4.98 Å². The fraction of sp³-hybridized carbons (Fsp3) is 0.158. The Morgan fingerprint density at radius 3 is 2.57 bits per heavy atom. The van der Waals surface area contributed by atoms with Gasteiger partial charge in [-0.25, -0.2) is 9.37 Å². The number of carbonyl (C=O) groups excluding carboxylic acids is 1. The molecule has 0 unspecified atom stereocenters. The molecule has 3 aromatic rings. The second-order valence-corrected chi connectivity index (χ2v) is 7.78. The van der Waals surface area contributed by atoms with Crippen LogP contribution in [0.1, 0.15) is 21.1 Å². The highest BCUT2D eigenvalue weighted by Gasteiger charge is 2.23. The molecule has 0 aliphatic rings. The van der Waals surface area contributed by atoms with E-state index >= 15 is 0 Å². The van der Waals surface area contributed by atoms with Crippen molar-refractivity contribution >= 4 is 40.4 Å². The predicted molar refractivity (Wildman–Crippen MR) is 109 cm³/mol. The first-order valence-electron chi connectivity index (χ1n) is 8.20. The van der Waals surface area contributed by atoms with E-state index < -0.39 is 16.6 Å². The van der Waals surface area contributed by atoms with Gasteiger partial charge in [-0.15, -0.1) is 23.1 Å². The predicted octanol–water partition coefficient (Wildman–Crippen LogP) is 5.07. The molecule has 0 aliphatic carbocycles. The van der Waals surface area contributed by atoms with Crippen LogP contribution in [0.15, 0.2) is 52.7 Å². The lowest BCUT2D eigenvalue weighted by Gasteiger charge is -2.22. The van der Waals surface area contributed by atoms with E-state index in [9.17, 15) is 19.3 Å². The number of hydrogen-bond acceptors (Lipinski definition) is 6. The van der Waals surface area contributed by atoms with Crippen molar-refractivity contribution in [3.8, 4) is 0 Å². The Morgan fingerprint density at radius 2 is 2.00 bits per heavy atom. The lowest BCUT2D eigenvalue weighted by molar-refractivity contribution is -0.387. The Hall–Kier alpha value is -2.78. The van der Waals surface area contributed by atoms with Crippen molar-refractivity contribution in [2.75, 3.05) is 11.2 Å². The third kappa shape index (κ3) is 4.37. The zero-order valence-electron chi connectivity index (χ0n) is 15.1. The van der Waals surface area contributed by atoms with E-state index in [2.05, 4.69) is 4.98 Å². The average Bonchev–Trinajstić information content (AvgIpc) is 3.10. The van der Waals surface area contributed by atoms with E-state index in [0.717, 1.165) is 5.01 Å². The molecule has 0 fully saturated rings. The number of aryl methyl sites for hydroxylation is 1. The molecule has 0 bridgehead atoms. The number of nitro groups is 1. The van der Waals surface area contributed by atoms with Crippen molar-refractivity contribution in [1.29, 1.82) is 0 Å². The highest BCUT2D eigenvalue weighted by molar-refractivity contribution is 7.98. The van der Waals surface area contributed by atoms with Gasteiger partial charge in [-0.3, -0.25) is 14.9 Å². The molecule has 1 aromatic heterocycles. The summed E-state index contributed by atoms with van der Waals surface area (Å²) in [5.41, 5.74) is 1.23. The third-order valence-electron chi connectivity index (χ3n) is 3.99. The Bertz CT molecular complexity index is 1020. The summed E-state index contributed by atoms with van der Waals surface area (Å²) in [6.45, 7) is 2.04. The number of nitro benzene ring substituents is 1. The van der Waals surface area contributed by atoms with Gasteiger partial charge in [0, 0.05) is 22.7 Å². The molecule has 0 atom stereocenters. The summed E-state index contributed by atoms with van der Waals surface area (Å²) in [6.07, 6.45) is 1.74. The van der Waals surface area contributed by atoms with Crippen LogP contribution in [0.2, 0.25) is 0 Å². The summed E-state index contributed by atoms with van der Waals surface area (Å²) < 4.78 is 13.3. The van der Waals surface area contributed by atoms with Crippen LogP contribution in [0.5, 0.6) is 0 Å². The summed E-state index contributed by atoms with van der Waals surface area (Å²) in [5.74, 6) is -0.839. The van der Waals surface area contributed by atoms with E-state index in [1.807, 2.05) is 12.3 Å². The number of thioether (sulfide) groups is 1. The van der Waals surface area contributed by atoms with Crippen LogP contribution < -0.4 is 4.90 Å². The topological polar surface area (TPSA) is 76.3 Å². The van der Waals surface area contributed by atoms with E-state index in [0.29, 0.717) is 16.3 Å². The molecule has 2 aromatic carbocycles. The maximum Gasteiger partial charge on any atom is 0.283 e. The molecule has 0 radical (unpaired) electrons. The van der Waals surface area contributed by atoms with Crippen LogP contribution in [0.4, 0.5) is 15.8 Å². The molecule has 0 N–H and O–H groups in total. The van der Waals surface area contributed by atoms with Crippen LogP contribution in [0, 0.1) is 22.9 Å². The molecular formula is C19H16FN3O3S2. The smallest absolute Gasteiger partial charge is 0.283 e. The van der Waals surface area contributed by atoms with E-state index in [1.165, 1.54) is 58.3 Å². The number of hydrogen-bond donors (Lipinski definition) is 0. The molecule has 0 aliphatic heterocycles. The number of rotatable bonds is 6. The molecule has 3 rings (SSSR count). The van der Waals surface area contributed by atoms with Gasteiger partial charge in [0.1, 0.15) is 5.82 Å². The maximum atomic E-state index is 13.3. The molecular weight excluding hydrogens is 401 g/mol. The zero-order chi connectivity index (χ0) is 20.3. The minimum Gasteiger partial charge on any atom is -0.302 e. The lowest BCUT2D eigenvalue weighted by atomic mass is 10.1. The van der Waals surface area contributed by atoms with Gasteiger partial charge < -0.3 is 4.90 Å². The summed E-state index contributed by atoms with van der Waals surface area (Å²) in [6, 6.07) is 9.92. The van der Waals surface area contributed by atoms with Gasteiger partial charge in [0.05, 0.1) is 27.1 Å². The Kier molecular flexibility index (Phi) is 6.05. The monoisotopic (exact) mass is 417 g/mol. The van der Waals surface area contributed by atoms with Crippen LogP contribution in [0.25, 0.3) is 0 Å². The number of nitrogens with zero attached hydrogens (tertiary/aromatic N) is 3. The normalized spacial score (nSPS) is 10.7. The first kappa shape index (κ1) is 20.0. The summed E-state index contributed by atoms with van der Waals surface area (Å²) >= 11 is 2.70. The number of halogens is 1. The minimum absolute atomic E-state index is 0.123. The first-order chi connectivity index (χ1) is 13.4. The van der Waals surface area contributed by atoms with E-state index in [4.69, 9.17) is 0 Å². The number of carbonyl (C=O) groups is 1. The molecule has 28 heavy (non-hydrogen) atoms. The molecule has 1 amide bonds. The average molecular weight is 417 g/mol. The highest BCUT2D eigenvalue weighted by Crippen LogP contribution is 2.30. The number of thiazole rings is 1. The highest BCUT2D eigenvalue weighted by atomic mass is 32.2. The number of aromatic nitrogens is 1. The van der Waals surface area contributed by atoms with Crippen molar-refractivity contribution in [2.24, 2.45) is 0 Å². The Morgan fingerprint density at radius 1 is 1.29 bits per heavy atom. The van der Waals surface area contributed by atoms with Gasteiger partial charge in [-0.2, -0.15) is 0 Å². The van der Waals surface area contributed by atoms with Crippen molar-refractivity contribution in [3.63, 3.8) is 0 Å². The van der Waals surface area contributed by atoms with E-state index in [1.54, 1.807) is 18.4 Å².